The maximum Gasteiger partial charge on any atom is 0.191 e. The average molecular weight is 400 g/mol. The van der Waals surface area contributed by atoms with Crippen LogP contribution in [-0.4, -0.2) is 36.4 Å². The lowest BCUT2D eigenvalue weighted by atomic mass is 10.2. The van der Waals surface area contributed by atoms with Crippen molar-refractivity contribution in [2.24, 2.45) is 4.99 Å². The topological polar surface area (TPSA) is 86.1 Å². The minimum atomic E-state index is -0.633. The van der Waals surface area contributed by atoms with Crippen molar-refractivity contribution >= 4 is 27.4 Å². The van der Waals surface area contributed by atoms with E-state index in [1.54, 1.807) is 36.6 Å². The Hall–Kier alpha value is -2.77. The molecule has 3 rings (SSSR count). The molecule has 1 atom stereocenters. The number of methoxy groups -OCH3 is 1. The maximum atomic E-state index is 10.5. The molecule has 0 spiro atoms. The highest BCUT2D eigenvalue weighted by atomic mass is 32.1. The van der Waals surface area contributed by atoms with Gasteiger partial charge in [-0.25, -0.2) is 4.99 Å². The van der Waals surface area contributed by atoms with E-state index in [4.69, 9.17) is 4.74 Å². The number of ether oxygens (including phenoxy) is 1. The summed E-state index contributed by atoms with van der Waals surface area (Å²) in [7, 11) is 1.58. The Morgan fingerprint density at radius 1 is 1.18 bits per heavy atom. The second-order valence-corrected chi connectivity index (χ2v) is 7.39. The Morgan fingerprint density at radius 3 is 2.75 bits per heavy atom. The van der Waals surface area contributed by atoms with Crippen molar-refractivity contribution in [3.63, 3.8) is 0 Å². The number of thiophene rings is 1. The summed E-state index contributed by atoms with van der Waals surface area (Å²) in [6.07, 6.45) is -0.633. The Balaban J connectivity index is 1.66. The van der Waals surface area contributed by atoms with Gasteiger partial charge in [0.2, 0.25) is 0 Å². The van der Waals surface area contributed by atoms with E-state index in [2.05, 4.69) is 21.7 Å². The largest absolute Gasteiger partial charge is 0.508 e. The van der Waals surface area contributed by atoms with Crippen molar-refractivity contribution in [1.29, 1.82) is 0 Å². The minimum Gasteiger partial charge on any atom is -0.508 e. The molecule has 1 heterocycles. The van der Waals surface area contributed by atoms with Gasteiger partial charge in [-0.05, 0) is 42.6 Å². The minimum absolute atomic E-state index is 0.172. The number of phenols is 1. The number of aliphatic hydroxyl groups is 1. The highest BCUT2D eigenvalue weighted by molar-refractivity contribution is 7.19. The van der Waals surface area contributed by atoms with Gasteiger partial charge in [0, 0.05) is 28.2 Å². The third-order valence-corrected chi connectivity index (χ3v) is 5.49. The van der Waals surface area contributed by atoms with Gasteiger partial charge >= 0.3 is 0 Å². The van der Waals surface area contributed by atoms with Crippen molar-refractivity contribution in [2.75, 3.05) is 20.2 Å². The van der Waals surface area contributed by atoms with Crippen LogP contribution in [0, 0.1) is 0 Å². The van der Waals surface area contributed by atoms with Crippen molar-refractivity contribution in [1.82, 2.24) is 10.6 Å². The summed E-state index contributed by atoms with van der Waals surface area (Å²) < 4.78 is 6.35. The van der Waals surface area contributed by atoms with Gasteiger partial charge in [-0.15, -0.1) is 11.3 Å². The van der Waals surface area contributed by atoms with Crippen LogP contribution in [0.25, 0.3) is 10.1 Å². The lowest BCUT2D eigenvalue weighted by molar-refractivity contribution is 0.184. The van der Waals surface area contributed by atoms with Crippen molar-refractivity contribution in [2.45, 2.75) is 19.6 Å². The fraction of sp³-hybridized carbons (Fsp3) is 0.286. The highest BCUT2D eigenvalue weighted by Gasteiger charge is 2.12. The number of guanidine groups is 1. The van der Waals surface area contributed by atoms with Gasteiger partial charge in [0.25, 0.3) is 0 Å². The molecule has 7 heteroatoms. The van der Waals surface area contributed by atoms with E-state index in [-0.39, 0.29) is 12.3 Å². The summed E-state index contributed by atoms with van der Waals surface area (Å²) >= 11 is 1.59. The van der Waals surface area contributed by atoms with E-state index in [0.29, 0.717) is 30.4 Å². The van der Waals surface area contributed by atoms with Crippen molar-refractivity contribution in [3.8, 4) is 11.5 Å². The van der Waals surface area contributed by atoms with E-state index >= 15 is 0 Å². The molecule has 0 aliphatic heterocycles. The molecule has 4 N–H and O–H groups in total. The fourth-order valence-electron chi connectivity index (χ4n) is 2.78. The molecule has 148 valence electrons. The highest BCUT2D eigenvalue weighted by Crippen LogP contribution is 2.29. The van der Waals surface area contributed by atoms with Crippen LogP contribution in [-0.2, 0) is 6.54 Å². The molecule has 3 aromatic rings. The number of aliphatic imine (C=N–C) groups is 1. The van der Waals surface area contributed by atoms with Gasteiger partial charge in [-0.3, -0.25) is 0 Å². The second kappa shape index (κ2) is 9.43. The number of aromatic hydroxyl groups is 1. The normalized spacial score (nSPS) is 12.8. The van der Waals surface area contributed by atoms with Crippen LogP contribution in [0.3, 0.4) is 0 Å². The zero-order valence-corrected chi connectivity index (χ0v) is 16.8. The smallest absolute Gasteiger partial charge is 0.191 e. The summed E-state index contributed by atoms with van der Waals surface area (Å²) in [6.45, 7) is 3.29. The van der Waals surface area contributed by atoms with Crippen LogP contribution in [0.4, 0.5) is 0 Å². The molecule has 0 radical (unpaired) electrons. The Morgan fingerprint density at radius 2 is 2.00 bits per heavy atom. The van der Waals surface area contributed by atoms with Crippen LogP contribution in [0.2, 0.25) is 0 Å². The first-order chi connectivity index (χ1) is 13.6. The van der Waals surface area contributed by atoms with E-state index in [0.717, 1.165) is 15.0 Å². The molecule has 0 bridgehead atoms. The first-order valence-corrected chi connectivity index (χ1v) is 9.97. The zero-order chi connectivity index (χ0) is 19.9. The number of nitrogens with zero attached hydrogens (tertiary/aromatic N) is 1. The number of hydrogen-bond donors (Lipinski definition) is 4. The van der Waals surface area contributed by atoms with Crippen LogP contribution < -0.4 is 15.4 Å². The Kier molecular flexibility index (Phi) is 6.73. The third kappa shape index (κ3) is 4.94. The Bertz CT molecular complexity index is 922. The number of nitrogens with one attached hydrogen (secondary N) is 2. The van der Waals surface area contributed by atoms with E-state index in [1.807, 2.05) is 31.2 Å². The number of rotatable bonds is 7. The van der Waals surface area contributed by atoms with Gasteiger partial charge in [-0.1, -0.05) is 18.2 Å². The quantitative estimate of drug-likeness (QED) is 0.361. The number of hydrogen-bond acceptors (Lipinski definition) is 5. The molecule has 0 aliphatic carbocycles. The first-order valence-electron chi connectivity index (χ1n) is 9.15. The summed E-state index contributed by atoms with van der Waals surface area (Å²) in [4.78, 5) is 5.41. The molecule has 0 fully saturated rings. The maximum absolute atomic E-state index is 10.5. The number of aliphatic hydroxyl groups excluding tert-OH is 1. The van der Waals surface area contributed by atoms with Gasteiger partial charge in [0.1, 0.15) is 17.6 Å². The molecule has 0 amide bonds. The van der Waals surface area contributed by atoms with E-state index < -0.39 is 6.10 Å². The number of phenolic OH excluding ortho intramolecular Hbond substituents is 1. The van der Waals surface area contributed by atoms with Gasteiger partial charge in [-0.2, -0.15) is 0 Å². The predicted octanol–water partition coefficient (Wildman–Crippen LogP) is 3.40. The summed E-state index contributed by atoms with van der Waals surface area (Å²) in [6, 6.07) is 15.2. The van der Waals surface area contributed by atoms with E-state index in [1.165, 1.54) is 0 Å². The zero-order valence-electron chi connectivity index (χ0n) is 16.0. The molecule has 0 aliphatic rings. The fourth-order valence-corrected chi connectivity index (χ4v) is 3.83. The first kappa shape index (κ1) is 20.0. The van der Waals surface area contributed by atoms with Crippen LogP contribution >= 0.6 is 11.3 Å². The second-order valence-electron chi connectivity index (χ2n) is 6.27. The average Bonchev–Trinajstić information content (AvgIpc) is 3.15. The predicted molar refractivity (Wildman–Crippen MR) is 114 cm³/mol. The SMILES string of the molecule is CCNC(=NCc1cc(OC)ccc1O)NCC(O)c1cc2ccccc2s1. The van der Waals surface area contributed by atoms with Crippen LogP contribution in [0.1, 0.15) is 23.5 Å². The molecule has 1 unspecified atom stereocenters. The van der Waals surface area contributed by atoms with Gasteiger partial charge < -0.3 is 25.6 Å². The summed E-state index contributed by atoms with van der Waals surface area (Å²) in [5, 5.41) is 28.0. The number of benzene rings is 2. The van der Waals surface area contributed by atoms with E-state index in [9.17, 15) is 10.2 Å². The molecule has 28 heavy (non-hydrogen) atoms. The lowest BCUT2D eigenvalue weighted by Crippen LogP contribution is -2.39. The summed E-state index contributed by atoms with van der Waals surface area (Å²) in [5.41, 5.74) is 0.668. The molecule has 1 aromatic heterocycles. The summed E-state index contributed by atoms with van der Waals surface area (Å²) in [5.74, 6) is 1.41. The molecule has 2 aromatic carbocycles. The third-order valence-electron chi connectivity index (χ3n) is 4.27. The number of fused-ring (bicyclic) bond motifs is 1. The van der Waals surface area contributed by atoms with Crippen molar-refractivity contribution in [3.05, 3.63) is 59.0 Å². The lowest BCUT2D eigenvalue weighted by Gasteiger charge is -2.14. The van der Waals surface area contributed by atoms with Gasteiger partial charge in [0.15, 0.2) is 5.96 Å². The van der Waals surface area contributed by atoms with Crippen LogP contribution in [0.5, 0.6) is 11.5 Å². The molecular formula is C21H25N3O3S. The molecule has 0 saturated carbocycles. The monoisotopic (exact) mass is 399 g/mol. The Labute approximate surface area is 168 Å². The van der Waals surface area contributed by atoms with Crippen LogP contribution in [0.15, 0.2) is 53.5 Å². The standard InChI is InChI=1S/C21H25N3O3S/c1-3-22-21(23-12-15-10-16(27-2)8-9-17(15)25)24-13-18(26)20-11-14-6-4-5-7-19(14)28-20/h4-11,18,25-26H,3,12-13H2,1-2H3,(H2,22,23,24). The van der Waals surface area contributed by atoms with Crippen molar-refractivity contribution < 1.29 is 14.9 Å². The molecule has 0 saturated heterocycles. The van der Waals surface area contributed by atoms with Gasteiger partial charge in [0.05, 0.1) is 13.7 Å². The molecule has 6 nitrogen and oxygen atoms in total. The molecular weight excluding hydrogens is 374 g/mol.